The molecule has 0 saturated carbocycles. The molecule has 0 saturated heterocycles. The van der Waals surface area contributed by atoms with Crippen LogP contribution in [0, 0.1) is 0 Å². The quantitative estimate of drug-likeness (QED) is 0.658. The molecule has 2 amide bonds. The van der Waals surface area contributed by atoms with Gasteiger partial charge in [-0.3, -0.25) is 9.69 Å². The predicted octanol–water partition coefficient (Wildman–Crippen LogP) is 1.70. The Balaban J connectivity index is 1.55. The highest BCUT2D eigenvalue weighted by atomic mass is 16.5. The lowest BCUT2D eigenvalue weighted by Gasteiger charge is -2.17. The number of methoxy groups -OCH3 is 1. The number of amides is 2. The van der Waals surface area contributed by atoms with Crippen molar-refractivity contribution in [2.45, 2.75) is 13.1 Å². The summed E-state index contributed by atoms with van der Waals surface area (Å²) in [7, 11) is 3.17. The van der Waals surface area contributed by atoms with Gasteiger partial charge in [0.25, 0.3) is 0 Å². The number of carbonyl (C=O) groups excluding carboxylic acids is 2. The summed E-state index contributed by atoms with van der Waals surface area (Å²) < 4.78 is 7.21. The Kier molecular flexibility index (Phi) is 4.63. The molecule has 9 nitrogen and oxygen atoms in total. The second-order valence-corrected chi connectivity index (χ2v) is 6.55. The minimum absolute atomic E-state index is 0.136. The Bertz CT molecular complexity index is 1140. The zero-order valence-corrected chi connectivity index (χ0v) is 16.0. The first-order valence-electron chi connectivity index (χ1n) is 8.96. The summed E-state index contributed by atoms with van der Waals surface area (Å²) in [6.07, 6.45) is 0. The molecule has 0 N–H and O–H groups in total. The molecule has 0 fully saturated rings. The molecule has 1 aromatic heterocycles. The summed E-state index contributed by atoms with van der Waals surface area (Å²) in [6, 6.07) is 15.6. The van der Waals surface area contributed by atoms with E-state index >= 15 is 0 Å². The van der Waals surface area contributed by atoms with Gasteiger partial charge in [0.05, 0.1) is 13.7 Å². The predicted molar refractivity (Wildman–Crippen MR) is 106 cm³/mol. The smallest absolute Gasteiger partial charge is 0.354 e. The van der Waals surface area contributed by atoms with Crippen LogP contribution in [0.2, 0.25) is 0 Å². The van der Waals surface area contributed by atoms with E-state index in [1.165, 1.54) is 16.9 Å². The molecule has 3 aromatic rings. The monoisotopic (exact) mass is 393 g/mol. The fraction of sp³-hybridized carbons (Fsp3) is 0.200. The van der Waals surface area contributed by atoms with Gasteiger partial charge in [0.2, 0.25) is 5.91 Å². The zero-order valence-electron chi connectivity index (χ0n) is 16.0. The van der Waals surface area contributed by atoms with Gasteiger partial charge in [0.1, 0.15) is 12.3 Å². The number of fused-ring (bicyclic) bond motifs is 1. The molecule has 1 aliphatic heterocycles. The Morgan fingerprint density at radius 3 is 2.59 bits per heavy atom. The topological polar surface area (TPSA) is 89.7 Å². The number of para-hydroxylation sites is 1. The van der Waals surface area contributed by atoms with Gasteiger partial charge in [-0.05, 0) is 24.3 Å². The standard InChI is InChI=1S/C20H19N5O4/c1-22(14-7-4-3-5-8-14)18(26)13-24-20(28)25-17(21-24)12-23(19(25)27)15-9-6-10-16(11-15)29-2/h3-11H,12-13H2,1-2H3. The van der Waals surface area contributed by atoms with Crippen LogP contribution in [0.25, 0.3) is 0 Å². The van der Waals surface area contributed by atoms with Crippen LogP contribution in [0.15, 0.2) is 59.4 Å². The van der Waals surface area contributed by atoms with E-state index in [4.69, 9.17) is 4.74 Å². The van der Waals surface area contributed by atoms with Crippen molar-refractivity contribution in [3.8, 4) is 5.75 Å². The number of carbonyl (C=O) groups is 2. The van der Waals surface area contributed by atoms with Gasteiger partial charge in [0, 0.05) is 24.5 Å². The second kappa shape index (κ2) is 7.27. The van der Waals surface area contributed by atoms with E-state index < -0.39 is 11.7 Å². The third kappa shape index (κ3) is 3.27. The number of rotatable bonds is 5. The highest BCUT2D eigenvalue weighted by molar-refractivity contribution is 5.96. The molecule has 148 valence electrons. The fourth-order valence-corrected chi connectivity index (χ4v) is 3.19. The third-order valence-electron chi connectivity index (χ3n) is 4.80. The Labute approximate surface area is 166 Å². The molecule has 9 heteroatoms. The van der Waals surface area contributed by atoms with Gasteiger partial charge in [-0.25, -0.2) is 14.3 Å². The average molecular weight is 393 g/mol. The number of anilines is 2. The summed E-state index contributed by atoms with van der Waals surface area (Å²) in [4.78, 5) is 40.9. The van der Waals surface area contributed by atoms with Crippen LogP contribution in [0.1, 0.15) is 5.82 Å². The van der Waals surface area contributed by atoms with Gasteiger partial charge < -0.3 is 9.64 Å². The molecule has 0 bridgehead atoms. The number of nitrogens with zero attached hydrogens (tertiary/aromatic N) is 5. The first-order chi connectivity index (χ1) is 14.0. The number of aromatic nitrogens is 3. The molecule has 0 unspecified atom stereocenters. The molecular weight excluding hydrogens is 374 g/mol. The van der Waals surface area contributed by atoms with Crippen molar-refractivity contribution in [2.75, 3.05) is 24.0 Å². The number of hydrogen-bond acceptors (Lipinski definition) is 5. The second-order valence-electron chi connectivity index (χ2n) is 6.55. The van der Waals surface area contributed by atoms with E-state index in [1.807, 2.05) is 18.2 Å². The van der Waals surface area contributed by atoms with E-state index in [2.05, 4.69) is 5.10 Å². The lowest BCUT2D eigenvalue weighted by molar-refractivity contribution is -0.119. The SMILES string of the molecule is COc1cccc(N2Cc3nn(CC(=O)N(C)c4ccccc4)c(=O)n3C2=O)c1. The van der Waals surface area contributed by atoms with Crippen LogP contribution in [0.4, 0.5) is 16.2 Å². The fourth-order valence-electron chi connectivity index (χ4n) is 3.19. The molecule has 4 rings (SSSR count). The maximum Gasteiger partial charge on any atom is 0.354 e. The maximum atomic E-state index is 12.8. The van der Waals surface area contributed by atoms with Crippen molar-refractivity contribution in [1.82, 2.24) is 14.3 Å². The molecule has 0 spiro atoms. The highest BCUT2D eigenvalue weighted by Gasteiger charge is 2.34. The number of ether oxygens (including phenoxy) is 1. The molecule has 2 aromatic carbocycles. The number of likely N-dealkylation sites (N-methyl/N-ethyl adjacent to an activating group) is 1. The van der Waals surface area contributed by atoms with E-state index in [0.717, 1.165) is 9.25 Å². The van der Waals surface area contributed by atoms with Crippen molar-refractivity contribution in [3.63, 3.8) is 0 Å². The summed E-state index contributed by atoms with van der Waals surface area (Å²) in [5.74, 6) is 0.581. The summed E-state index contributed by atoms with van der Waals surface area (Å²) >= 11 is 0. The first-order valence-corrected chi connectivity index (χ1v) is 8.96. The van der Waals surface area contributed by atoms with Gasteiger partial charge >= 0.3 is 11.7 Å². The minimum atomic E-state index is -0.634. The minimum Gasteiger partial charge on any atom is -0.497 e. The Hall–Kier alpha value is -3.88. The summed E-state index contributed by atoms with van der Waals surface area (Å²) in [5, 5.41) is 4.20. The van der Waals surface area contributed by atoms with Gasteiger partial charge in [0.15, 0.2) is 5.82 Å². The van der Waals surface area contributed by atoms with E-state index in [1.54, 1.807) is 43.4 Å². The number of benzene rings is 2. The number of hydrogen-bond donors (Lipinski definition) is 0. The summed E-state index contributed by atoms with van der Waals surface area (Å²) in [6.45, 7) is -0.117. The van der Waals surface area contributed by atoms with Crippen molar-refractivity contribution in [3.05, 3.63) is 70.9 Å². The van der Waals surface area contributed by atoms with Gasteiger partial charge in [-0.2, -0.15) is 9.67 Å². The molecule has 1 aliphatic rings. The van der Waals surface area contributed by atoms with Crippen LogP contribution in [0.3, 0.4) is 0 Å². The molecule has 2 heterocycles. The van der Waals surface area contributed by atoms with Crippen molar-refractivity contribution in [2.24, 2.45) is 0 Å². The van der Waals surface area contributed by atoms with Crippen LogP contribution in [-0.4, -0.2) is 40.4 Å². The Morgan fingerprint density at radius 1 is 1.14 bits per heavy atom. The van der Waals surface area contributed by atoms with Crippen LogP contribution < -0.4 is 20.2 Å². The molecule has 29 heavy (non-hydrogen) atoms. The van der Waals surface area contributed by atoms with Crippen molar-refractivity contribution < 1.29 is 14.3 Å². The lowest BCUT2D eigenvalue weighted by Crippen LogP contribution is -2.38. The largest absolute Gasteiger partial charge is 0.497 e. The average Bonchev–Trinajstić information content (AvgIpc) is 3.24. The molecule has 0 radical (unpaired) electrons. The molecule has 0 atom stereocenters. The third-order valence-corrected chi connectivity index (χ3v) is 4.80. The molecular formula is C20H19N5O4. The summed E-state index contributed by atoms with van der Waals surface area (Å²) in [5.41, 5.74) is 0.675. The normalized spacial score (nSPS) is 12.8. The Morgan fingerprint density at radius 2 is 1.90 bits per heavy atom. The van der Waals surface area contributed by atoms with E-state index in [9.17, 15) is 14.4 Å². The zero-order chi connectivity index (χ0) is 20.5. The molecule has 0 aliphatic carbocycles. The van der Waals surface area contributed by atoms with Crippen molar-refractivity contribution >= 4 is 23.3 Å². The van der Waals surface area contributed by atoms with Crippen molar-refractivity contribution in [1.29, 1.82) is 0 Å². The maximum absolute atomic E-state index is 12.8. The van der Waals surface area contributed by atoms with Crippen LogP contribution >= 0.6 is 0 Å². The van der Waals surface area contributed by atoms with E-state index in [0.29, 0.717) is 17.1 Å². The first kappa shape index (κ1) is 18.5. The lowest BCUT2D eigenvalue weighted by atomic mass is 10.3. The van der Waals surface area contributed by atoms with E-state index in [-0.39, 0.29) is 24.8 Å². The highest BCUT2D eigenvalue weighted by Crippen LogP contribution is 2.25. The van der Waals surface area contributed by atoms with Gasteiger partial charge in [-0.15, -0.1) is 0 Å². The van der Waals surface area contributed by atoms with Gasteiger partial charge in [-0.1, -0.05) is 24.3 Å². The van der Waals surface area contributed by atoms with Crippen LogP contribution in [0.5, 0.6) is 5.75 Å². The van der Waals surface area contributed by atoms with Crippen LogP contribution in [-0.2, 0) is 17.9 Å².